The molecule has 5 rings (SSSR count). The molecule has 2 aromatic heterocycles. The number of halogens is 1. The first-order valence-electron chi connectivity index (χ1n) is 11.1. The molecule has 0 bridgehead atoms. The fraction of sp³-hybridized carbons (Fsp3) is 0.375. The smallest absolute Gasteiger partial charge is 0.230 e. The topological polar surface area (TPSA) is 66.3 Å². The Morgan fingerprint density at radius 1 is 1.25 bits per heavy atom. The second-order valence-corrected chi connectivity index (χ2v) is 8.89. The van der Waals surface area contributed by atoms with Gasteiger partial charge >= 0.3 is 0 Å². The van der Waals surface area contributed by atoms with Crippen LogP contribution in [0.15, 0.2) is 42.7 Å². The summed E-state index contributed by atoms with van der Waals surface area (Å²) in [6.45, 7) is 7.03. The number of aryl methyl sites for hydroxylation is 2. The van der Waals surface area contributed by atoms with Gasteiger partial charge in [-0.25, -0.2) is 9.67 Å². The van der Waals surface area contributed by atoms with E-state index in [0.717, 1.165) is 61.0 Å². The van der Waals surface area contributed by atoms with Crippen molar-refractivity contribution in [3.05, 3.63) is 58.9 Å². The Hall–Kier alpha value is -3.06. The van der Waals surface area contributed by atoms with Crippen LogP contribution in [-0.2, 0) is 17.9 Å². The first-order valence-corrected chi connectivity index (χ1v) is 11.5. The van der Waals surface area contributed by atoms with Crippen molar-refractivity contribution in [3.8, 4) is 0 Å². The summed E-state index contributed by atoms with van der Waals surface area (Å²) < 4.78 is 1.92. The van der Waals surface area contributed by atoms with E-state index in [1.165, 1.54) is 5.56 Å². The zero-order chi connectivity index (χ0) is 22.2. The van der Waals surface area contributed by atoms with Crippen LogP contribution in [0.2, 0.25) is 5.02 Å². The summed E-state index contributed by atoms with van der Waals surface area (Å²) in [7, 11) is 0. The molecule has 3 aromatic rings. The Balaban J connectivity index is 1.40. The average molecular weight is 451 g/mol. The number of benzene rings is 1. The summed E-state index contributed by atoms with van der Waals surface area (Å²) in [6, 6.07) is 9.70. The van der Waals surface area contributed by atoms with Gasteiger partial charge in [0.2, 0.25) is 5.91 Å². The molecule has 0 atom stereocenters. The van der Waals surface area contributed by atoms with E-state index in [-0.39, 0.29) is 11.8 Å². The standard InChI is InChI=1S/C24H27ClN6O/c1-3-31-23-18(14-27-31)15-30(21-7-6-19(25)13-20(21)28-23)24(32)17-8-11-29(12-9-17)22-16(2)5-4-10-26-22/h4-7,10,13-14,17,28H,3,8-9,11-12,15H2,1-2H3. The van der Waals surface area contributed by atoms with Gasteiger partial charge in [0.25, 0.3) is 0 Å². The van der Waals surface area contributed by atoms with E-state index in [1.807, 2.05) is 46.2 Å². The normalized spacial score (nSPS) is 16.2. The third-order valence-electron chi connectivity index (χ3n) is 6.44. The Labute approximate surface area is 193 Å². The number of carbonyl (C=O) groups is 1. The summed E-state index contributed by atoms with van der Waals surface area (Å²) in [5.41, 5.74) is 3.87. The molecule has 1 N–H and O–H groups in total. The number of rotatable bonds is 3. The Bertz CT molecular complexity index is 1150. The Morgan fingerprint density at radius 3 is 2.81 bits per heavy atom. The molecule has 0 spiro atoms. The molecule has 1 fully saturated rings. The largest absolute Gasteiger partial charge is 0.356 e. The number of hydrogen-bond donors (Lipinski definition) is 1. The van der Waals surface area contributed by atoms with Crippen LogP contribution in [0.4, 0.5) is 23.0 Å². The van der Waals surface area contributed by atoms with Crippen molar-refractivity contribution in [1.82, 2.24) is 14.8 Å². The van der Waals surface area contributed by atoms with Gasteiger partial charge in [0.15, 0.2) is 0 Å². The first-order chi connectivity index (χ1) is 15.5. The van der Waals surface area contributed by atoms with Gasteiger partial charge in [0.05, 0.1) is 24.1 Å². The molecular formula is C24H27ClN6O. The highest BCUT2D eigenvalue weighted by atomic mass is 35.5. The summed E-state index contributed by atoms with van der Waals surface area (Å²) in [4.78, 5) is 22.5. The molecule has 8 heteroatoms. The number of nitrogens with one attached hydrogen (secondary N) is 1. The molecule has 0 unspecified atom stereocenters. The highest BCUT2D eigenvalue weighted by Crippen LogP contribution is 2.39. The number of nitrogens with zero attached hydrogens (tertiary/aromatic N) is 5. The van der Waals surface area contributed by atoms with Crippen LogP contribution < -0.4 is 15.1 Å². The van der Waals surface area contributed by atoms with E-state index in [4.69, 9.17) is 11.6 Å². The summed E-state index contributed by atoms with van der Waals surface area (Å²) >= 11 is 6.29. The van der Waals surface area contributed by atoms with Gasteiger partial charge in [-0.15, -0.1) is 0 Å². The molecule has 4 heterocycles. The van der Waals surface area contributed by atoms with Gasteiger partial charge in [0, 0.05) is 42.3 Å². The highest BCUT2D eigenvalue weighted by molar-refractivity contribution is 6.31. The van der Waals surface area contributed by atoms with Gasteiger partial charge < -0.3 is 15.1 Å². The van der Waals surface area contributed by atoms with Gasteiger partial charge in [-0.3, -0.25) is 4.79 Å². The van der Waals surface area contributed by atoms with Crippen LogP contribution in [0, 0.1) is 12.8 Å². The summed E-state index contributed by atoms with van der Waals surface area (Å²) in [6.07, 6.45) is 5.30. The van der Waals surface area contributed by atoms with Crippen molar-refractivity contribution in [2.75, 3.05) is 28.2 Å². The lowest BCUT2D eigenvalue weighted by molar-refractivity contribution is -0.123. The average Bonchev–Trinajstić information content (AvgIpc) is 3.11. The number of hydrogen-bond acceptors (Lipinski definition) is 5. The molecule has 1 amide bonds. The third-order valence-corrected chi connectivity index (χ3v) is 6.67. The van der Waals surface area contributed by atoms with Gasteiger partial charge in [-0.2, -0.15) is 5.10 Å². The van der Waals surface area contributed by atoms with E-state index in [0.29, 0.717) is 11.6 Å². The number of amides is 1. The van der Waals surface area contributed by atoms with E-state index in [2.05, 4.69) is 40.2 Å². The molecule has 166 valence electrons. The molecule has 0 saturated carbocycles. The monoisotopic (exact) mass is 450 g/mol. The minimum absolute atomic E-state index is 0.0263. The van der Waals surface area contributed by atoms with Crippen LogP contribution in [0.3, 0.4) is 0 Å². The fourth-order valence-corrected chi connectivity index (χ4v) is 4.89. The molecule has 0 radical (unpaired) electrons. The van der Waals surface area contributed by atoms with Crippen LogP contribution in [0.5, 0.6) is 0 Å². The molecule has 2 aliphatic rings. The molecule has 0 aliphatic carbocycles. The SMILES string of the molecule is CCn1ncc2c1Nc1cc(Cl)ccc1N(C(=O)C1CCN(c3ncccc3C)CC1)C2. The van der Waals surface area contributed by atoms with E-state index in [9.17, 15) is 4.79 Å². The predicted molar refractivity (Wildman–Crippen MR) is 128 cm³/mol. The lowest BCUT2D eigenvalue weighted by Crippen LogP contribution is -2.42. The zero-order valence-electron chi connectivity index (χ0n) is 18.4. The highest BCUT2D eigenvalue weighted by Gasteiger charge is 2.33. The van der Waals surface area contributed by atoms with Gasteiger partial charge in [-0.05, 0) is 56.5 Å². The molecule has 32 heavy (non-hydrogen) atoms. The maximum atomic E-state index is 13.8. The van der Waals surface area contributed by atoms with E-state index >= 15 is 0 Å². The fourth-order valence-electron chi connectivity index (χ4n) is 4.71. The third kappa shape index (κ3) is 3.71. The maximum Gasteiger partial charge on any atom is 0.230 e. The lowest BCUT2D eigenvalue weighted by Gasteiger charge is -2.35. The van der Waals surface area contributed by atoms with E-state index < -0.39 is 0 Å². The van der Waals surface area contributed by atoms with E-state index in [1.54, 1.807) is 0 Å². The minimum Gasteiger partial charge on any atom is -0.356 e. The summed E-state index contributed by atoms with van der Waals surface area (Å²) in [5, 5.41) is 8.59. The molecule has 7 nitrogen and oxygen atoms in total. The Kier molecular flexibility index (Phi) is 5.51. The number of pyridine rings is 1. The van der Waals surface area contributed by atoms with Crippen LogP contribution in [0.1, 0.15) is 30.9 Å². The number of fused-ring (bicyclic) bond motifs is 2. The molecule has 1 aromatic carbocycles. The number of aromatic nitrogens is 3. The first kappa shape index (κ1) is 20.8. The minimum atomic E-state index is -0.0263. The van der Waals surface area contributed by atoms with Crippen molar-refractivity contribution in [3.63, 3.8) is 0 Å². The lowest BCUT2D eigenvalue weighted by atomic mass is 9.94. The van der Waals surface area contributed by atoms with Crippen molar-refractivity contribution in [1.29, 1.82) is 0 Å². The van der Waals surface area contributed by atoms with Crippen molar-refractivity contribution in [2.45, 2.75) is 39.8 Å². The Morgan fingerprint density at radius 2 is 2.06 bits per heavy atom. The quantitative estimate of drug-likeness (QED) is 0.622. The number of piperidine rings is 1. The van der Waals surface area contributed by atoms with Crippen molar-refractivity contribution >= 4 is 40.5 Å². The van der Waals surface area contributed by atoms with Crippen molar-refractivity contribution in [2.24, 2.45) is 5.92 Å². The second kappa shape index (κ2) is 8.47. The zero-order valence-corrected chi connectivity index (χ0v) is 19.1. The predicted octanol–water partition coefficient (Wildman–Crippen LogP) is 4.77. The van der Waals surface area contributed by atoms with Gasteiger partial charge in [0.1, 0.15) is 11.6 Å². The molecular weight excluding hydrogens is 424 g/mol. The second-order valence-electron chi connectivity index (χ2n) is 8.45. The van der Waals surface area contributed by atoms with Crippen LogP contribution in [-0.4, -0.2) is 33.8 Å². The molecule has 1 saturated heterocycles. The van der Waals surface area contributed by atoms with Gasteiger partial charge in [-0.1, -0.05) is 17.7 Å². The molecule has 2 aliphatic heterocycles. The number of anilines is 4. The van der Waals surface area contributed by atoms with Crippen LogP contribution in [0.25, 0.3) is 0 Å². The maximum absolute atomic E-state index is 13.8. The van der Waals surface area contributed by atoms with Crippen molar-refractivity contribution < 1.29 is 4.79 Å². The summed E-state index contributed by atoms with van der Waals surface area (Å²) in [5.74, 6) is 2.08. The van der Waals surface area contributed by atoms with Crippen LogP contribution >= 0.6 is 11.6 Å². The number of carbonyl (C=O) groups excluding carboxylic acids is 1.